The average Bonchev–Trinajstić information content (AvgIpc) is 2.25. The number of hydrogen-bond acceptors (Lipinski definition) is 1. The first-order chi connectivity index (χ1) is 7.57. The lowest BCUT2D eigenvalue weighted by Gasteiger charge is -2.41. The Kier molecular flexibility index (Phi) is 3.94. The normalized spacial score (nSPS) is 36.2. The number of rotatable bonds is 2. The van der Waals surface area contributed by atoms with E-state index in [1.165, 1.54) is 57.8 Å². The van der Waals surface area contributed by atoms with Gasteiger partial charge in [0.2, 0.25) is 0 Å². The highest BCUT2D eigenvalue weighted by Gasteiger charge is 2.34. The van der Waals surface area contributed by atoms with Gasteiger partial charge in [0.15, 0.2) is 0 Å². The van der Waals surface area contributed by atoms with Gasteiger partial charge in [-0.05, 0) is 42.9 Å². The zero-order valence-corrected chi connectivity index (χ0v) is 11.2. The molecule has 2 aliphatic carbocycles. The van der Waals surface area contributed by atoms with Crippen molar-refractivity contribution in [3.8, 4) is 0 Å². The van der Waals surface area contributed by atoms with Crippen LogP contribution in [0.1, 0.15) is 71.6 Å². The molecule has 0 saturated heterocycles. The molecule has 94 valence electrons. The maximum Gasteiger partial charge on any atom is 0.00676 e. The highest BCUT2D eigenvalue weighted by Crippen LogP contribution is 2.42. The van der Waals surface area contributed by atoms with Crippen molar-refractivity contribution >= 4 is 0 Å². The maximum atomic E-state index is 6.32. The predicted molar refractivity (Wildman–Crippen MR) is 70.3 cm³/mol. The van der Waals surface area contributed by atoms with Crippen molar-refractivity contribution in [1.29, 1.82) is 0 Å². The van der Waals surface area contributed by atoms with Gasteiger partial charge in [0, 0.05) is 6.04 Å². The summed E-state index contributed by atoms with van der Waals surface area (Å²) in [7, 11) is 0. The van der Waals surface area contributed by atoms with E-state index in [1.807, 2.05) is 0 Å². The Bertz CT molecular complexity index is 215. The molecule has 2 fully saturated rings. The van der Waals surface area contributed by atoms with Crippen molar-refractivity contribution in [3.63, 3.8) is 0 Å². The van der Waals surface area contributed by atoms with Crippen LogP contribution in [0.25, 0.3) is 0 Å². The largest absolute Gasteiger partial charge is 0.327 e. The summed E-state index contributed by atoms with van der Waals surface area (Å²) in [5.41, 5.74) is 6.87. The van der Waals surface area contributed by atoms with E-state index in [9.17, 15) is 0 Å². The Morgan fingerprint density at radius 1 is 1.06 bits per heavy atom. The van der Waals surface area contributed by atoms with Crippen LogP contribution in [-0.2, 0) is 0 Å². The van der Waals surface area contributed by atoms with Crippen LogP contribution in [0, 0.1) is 17.3 Å². The maximum absolute atomic E-state index is 6.32. The van der Waals surface area contributed by atoms with Crippen LogP contribution in [0.3, 0.4) is 0 Å². The first-order valence-corrected chi connectivity index (χ1v) is 7.32. The summed E-state index contributed by atoms with van der Waals surface area (Å²) >= 11 is 0. The monoisotopic (exact) mass is 223 g/mol. The van der Waals surface area contributed by atoms with Crippen LogP contribution in [0.2, 0.25) is 0 Å². The second kappa shape index (κ2) is 5.08. The van der Waals surface area contributed by atoms with Crippen molar-refractivity contribution in [2.45, 2.75) is 77.7 Å². The molecule has 0 spiro atoms. The molecule has 1 heteroatoms. The lowest BCUT2D eigenvalue weighted by molar-refractivity contribution is 0.128. The van der Waals surface area contributed by atoms with Gasteiger partial charge in [-0.2, -0.15) is 0 Å². The number of nitrogens with two attached hydrogens (primary N) is 1. The summed E-state index contributed by atoms with van der Waals surface area (Å²) in [6, 6.07) is 0.495. The van der Waals surface area contributed by atoms with E-state index >= 15 is 0 Å². The molecule has 0 aromatic rings. The Morgan fingerprint density at radius 2 is 1.75 bits per heavy atom. The van der Waals surface area contributed by atoms with E-state index in [0.717, 1.165) is 11.8 Å². The minimum Gasteiger partial charge on any atom is -0.327 e. The third kappa shape index (κ3) is 3.23. The van der Waals surface area contributed by atoms with E-state index < -0.39 is 0 Å². The van der Waals surface area contributed by atoms with Crippen LogP contribution in [0.5, 0.6) is 0 Å². The van der Waals surface area contributed by atoms with E-state index in [-0.39, 0.29) is 0 Å². The molecule has 2 saturated carbocycles. The van der Waals surface area contributed by atoms with Crippen LogP contribution >= 0.6 is 0 Å². The Morgan fingerprint density at radius 3 is 2.44 bits per heavy atom. The van der Waals surface area contributed by atoms with Crippen molar-refractivity contribution in [1.82, 2.24) is 0 Å². The van der Waals surface area contributed by atoms with Gasteiger partial charge in [-0.3, -0.25) is 0 Å². The molecule has 0 bridgehead atoms. The van der Waals surface area contributed by atoms with Crippen LogP contribution in [0.4, 0.5) is 0 Å². The summed E-state index contributed by atoms with van der Waals surface area (Å²) in [6.07, 6.45) is 12.7. The summed E-state index contributed by atoms with van der Waals surface area (Å²) in [5, 5.41) is 0. The summed E-state index contributed by atoms with van der Waals surface area (Å²) in [5.74, 6) is 1.81. The van der Waals surface area contributed by atoms with Crippen molar-refractivity contribution in [3.05, 3.63) is 0 Å². The van der Waals surface area contributed by atoms with Crippen LogP contribution in [0.15, 0.2) is 0 Å². The Balaban J connectivity index is 1.86. The first kappa shape index (κ1) is 12.4. The van der Waals surface area contributed by atoms with Gasteiger partial charge in [-0.15, -0.1) is 0 Å². The summed E-state index contributed by atoms with van der Waals surface area (Å²) in [4.78, 5) is 0. The molecular weight excluding hydrogens is 194 g/mol. The van der Waals surface area contributed by atoms with Crippen molar-refractivity contribution in [2.24, 2.45) is 23.0 Å². The summed E-state index contributed by atoms with van der Waals surface area (Å²) < 4.78 is 0. The molecule has 0 amide bonds. The second-order valence-electron chi connectivity index (χ2n) is 7.07. The minimum absolute atomic E-state index is 0.495. The highest BCUT2D eigenvalue weighted by atomic mass is 14.7. The van der Waals surface area contributed by atoms with Crippen molar-refractivity contribution in [2.75, 3.05) is 0 Å². The van der Waals surface area contributed by atoms with E-state index in [4.69, 9.17) is 5.73 Å². The topological polar surface area (TPSA) is 26.0 Å². The average molecular weight is 223 g/mol. The first-order valence-electron chi connectivity index (χ1n) is 7.32. The SMILES string of the molecule is CC1(C)CCC(N)C(CC2CCCCC2)C1. The molecular formula is C15H29N. The van der Waals surface area contributed by atoms with Gasteiger partial charge < -0.3 is 5.73 Å². The quantitative estimate of drug-likeness (QED) is 0.749. The molecule has 0 radical (unpaired) electrons. The second-order valence-corrected chi connectivity index (χ2v) is 7.07. The number of hydrogen-bond donors (Lipinski definition) is 1. The molecule has 0 aliphatic heterocycles. The lowest BCUT2D eigenvalue weighted by Crippen LogP contribution is -2.40. The molecule has 2 unspecified atom stereocenters. The fourth-order valence-corrected chi connectivity index (χ4v) is 3.87. The van der Waals surface area contributed by atoms with E-state index in [0.29, 0.717) is 11.5 Å². The third-order valence-corrected chi connectivity index (χ3v) is 4.94. The minimum atomic E-state index is 0.495. The fourth-order valence-electron chi connectivity index (χ4n) is 3.87. The van der Waals surface area contributed by atoms with E-state index in [1.54, 1.807) is 0 Å². The lowest BCUT2D eigenvalue weighted by atomic mass is 9.67. The molecule has 0 heterocycles. The van der Waals surface area contributed by atoms with Crippen LogP contribution < -0.4 is 5.73 Å². The van der Waals surface area contributed by atoms with Gasteiger partial charge in [0.05, 0.1) is 0 Å². The molecule has 16 heavy (non-hydrogen) atoms. The molecule has 2 atom stereocenters. The molecule has 1 nitrogen and oxygen atoms in total. The van der Waals surface area contributed by atoms with Crippen molar-refractivity contribution < 1.29 is 0 Å². The zero-order valence-electron chi connectivity index (χ0n) is 11.2. The Hall–Kier alpha value is -0.0400. The molecule has 0 aromatic carbocycles. The zero-order chi connectivity index (χ0) is 11.6. The highest BCUT2D eigenvalue weighted by molar-refractivity contribution is 4.88. The molecule has 2 rings (SSSR count). The Labute approximate surface area is 101 Å². The van der Waals surface area contributed by atoms with Gasteiger partial charge in [-0.1, -0.05) is 46.0 Å². The smallest absolute Gasteiger partial charge is 0.00676 e. The van der Waals surface area contributed by atoms with Gasteiger partial charge in [0.1, 0.15) is 0 Å². The molecule has 2 N–H and O–H groups in total. The van der Waals surface area contributed by atoms with Gasteiger partial charge >= 0.3 is 0 Å². The van der Waals surface area contributed by atoms with Crippen LogP contribution in [-0.4, -0.2) is 6.04 Å². The molecule has 2 aliphatic rings. The fraction of sp³-hybridized carbons (Fsp3) is 1.00. The van der Waals surface area contributed by atoms with Gasteiger partial charge in [-0.25, -0.2) is 0 Å². The standard InChI is InChI=1S/C15H29N/c1-15(2)9-8-14(16)13(11-15)10-12-6-4-3-5-7-12/h12-14H,3-11,16H2,1-2H3. The summed E-state index contributed by atoms with van der Waals surface area (Å²) in [6.45, 7) is 4.85. The predicted octanol–water partition coefficient (Wildman–Crippen LogP) is 4.11. The third-order valence-electron chi connectivity index (χ3n) is 4.94. The molecule has 0 aromatic heterocycles. The van der Waals surface area contributed by atoms with Gasteiger partial charge in [0.25, 0.3) is 0 Å². The van der Waals surface area contributed by atoms with E-state index in [2.05, 4.69) is 13.8 Å².